The third-order valence-corrected chi connectivity index (χ3v) is 2.74. The maximum absolute atomic E-state index is 12.8. The van der Waals surface area contributed by atoms with Crippen LogP contribution in [0.4, 0.5) is 10.1 Å². The predicted molar refractivity (Wildman–Crippen MR) is 74.5 cm³/mol. The second-order valence-electron chi connectivity index (χ2n) is 5.22. The molecule has 0 aliphatic carbocycles. The molecule has 0 fully saturated rings. The summed E-state index contributed by atoms with van der Waals surface area (Å²) in [5.41, 5.74) is 6.23. The monoisotopic (exact) mass is 274 g/mol. The number of likely N-dealkylation sites (N-methyl/N-ethyl adjacent to an activating group) is 1. The highest BCUT2D eigenvalue weighted by atomic mass is 35.5. The van der Waals surface area contributed by atoms with Crippen molar-refractivity contribution >= 4 is 24.0 Å². The summed E-state index contributed by atoms with van der Waals surface area (Å²) in [4.78, 5) is 13.5. The van der Waals surface area contributed by atoms with Crippen molar-refractivity contribution in [2.24, 2.45) is 11.1 Å². The number of rotatable bonds is 2. The first kappa shape index (κ1) is 16.9. The average molecular weight is 275 g/mol. The van der Waals surface area contributed by atoms with Gasteiger partial charge < -0.3 is 10.6 Å². The summed E-state index contributed by atoms with van der Waals surface area (Å²) in [5, 5.41) is 0. The fourth-order valence-electron chi connectivity index (χ4n) is 1.37. The second kappa shape index (κ2) is 6.16. The Balaban J connectivity index is 0.00000289. The zero-order valence-electron chi connectivity index (χ0n) is 11.1. The minimum atomic E-state index is -0.586. The van der Waals surface area contributed by atoms with Crippen molar-refractivity contribution in [1.29, 1.82) is 0 Å². The first-order valence-electron chi connectivity index (χ1n) is 5.52. The Morgan fingerprint density at radius 1 is 1.28 bits per heavy atom. The number of carbonyl (C=O) groups excluding carboxylic acids is 1. The molecule has 1 aromatic carbocycles. The molecule has 0 saturated carbocycles. The van der Waals surface area contributed by atoms with Crippen LogP contribution in [0.2, 0.25) is 0 Å². The Bertz CT molecular complexity index is 400. The number of hydrogen-bond donors (Lipinski definition) is 1. The zero-order valence-corrected chi connectivity index (χ0v) is 11.9. The largest absolute Gasteiger partial charge is 0.319 e. The third-order valence-electron chi connectivity index (χ3n) is 2.74. The van der Waals surface area contributed by atoms with Crippen LogP contribution in [-0.2, 0) is 4.79 Å². The Hall–Kier alpha value is -1.13. The molecule has 1 atom stereocenters. The first-order chi connectivity index (χ1) is 7.73. The van der Waals surface area contributed by atoms with Crippen LogP contribution in [-0.4, -0.2) is 19.0 Å². The Morgan fingerprint density at radius 2 is 1.72 bits per heavy atom. The lowest BCUT2D eigenvalue weighted by Gasteiger charge is -2.30. The van der Waals surface area contributed by atoms with Gasteiger partial charge in [0.05, 0.1) is 6.04 Å². The minimum absolute atomic E-state index is 0. The summed E-state index contributed by atoms with van der Waals surface area (Å²) in [6, 6.07) is 5.17. The summed E-state index contributed by atoms with van der Waals surface area (Å²) in [6.45, 7) is 5.73. The molecule has 0 bridgehead atoms. The van der Waals surface area contributed by atoms with Gasteiger partial charge in [-0.05, 0) is 29.7 Å². The highest BCUT2D eigenvalue weighted by molar-refractivity contribution is 5.97. The van der Waals surface area contributed by atoms with E-state index < -0.39 is 6.04 Å². The minimum Gasteiger partial charge on any atom is -0.319 e. The van der Waals surface area contributed by atoms with Gasteiger partial charge in [-0.1, -0.05) is 20.8 Å². The summed E-state index contributed by atoms with van der Waals surface area (Å²) >= 11 is 0. The van der Waals surface area contributed by atoms with Crippen LogP contribution in [0.15, 0.2) is 24.3 Å². The Labute approximate surface area is 114 Å². The van der Waals surface area contributed by atoms with Gasteiger partial charge in [-0.2, -0.15) is 0 Å². The first-order valence-corrected chi connectivity index (χ1v) is 5.52. The summed E-state index contributed by atoms with van der Waals surface area (Å²) in [7, 11) is 1.64. The van der Waals surface area contributed by atoms with Gasteiger partial charge in [-0.25, -0.2) is 4.39 Å². The van der Waals surface area contributed by atoms with E-state index in [0.29, 0.717) is 5.69 Å². The number of carbonyl (C=O) groups is 1. The quantitative estimate of drug-likeness (QED) is 0.901. The van der Waals surface area contributed by atoms with Crippen LogP contribution < -0.4 is 10.6 Å². The van der Waals surface area contributed by atoms with E-state index in [1.807, 2.05) is 20.8 Å². The summed E-state index contributed by atoms with van der Waals surface area (Å²) < 4.78 is 12.8. The van der Waals surface area contributed by atoms with E-state index in [1.54, 1.807) is 19.2 Å². The molecule has 3 nitrogen and oxygen atoms in total. The predicted octanol–water partition coefficient (Wildman–Crippen LogP) is 2.58. The molecule has 2 N–H and O–H groups in total. The normalized spacial score (nSPS) is 12.6. The maximum Gasteiger partial charge on any atom is 0.244 e. The topological polar surface area (TPSA) is 46.3 Å². The molecule has 5 heteroatoms. The molecular weight excluding hydrogens is 255 g/mol. The molecule has 18 heavy (non-hydrogen) atoms. The number of anilines is 1. The number of hydrogen-bond acceptors (Lipinski definition) is 2. The van der Waals surface area contributed by atoms with Crippen LogP contribution in [0.5, 0.6) is 0 Å². The molecule has 0 radical (unpaired) electrons. The Morgan fingerprint density at radius 3 is 2.11 bits per heavy atom. The lowest BCUT2D eigenvalue weighted by molar-refractivity contribution is -0.121. The van der Waals surface area contributed by atoms with Gasteiger partial charge >= 0.3 is 0 Å². The molecule has 1 amide bonds. The van der Waals surface area contributed by atoms with E-state index in [9.17, 15) is 9.18 Å². The molecule has 0 heterocycles. The Kier molecular flexibility index (Phi) is 5.77. The molecule has 0 unspecified atom stereocenters. The standard InChI is InChI=1S/C13H19FN2O.ClH/c1-13(2,3)11(15)12(17)16(4)10-7-5-9(14)6-8-10;/h5-8,11H,15H2,1-4H3;1H/t11-;/m1./s1. The summed E-state index contributed by atoms with van der Waals surface area (Å²) in [5.74, 6) is -0.501. The van der Waals surface area contributed by atoms with E-state index in [2.05, 4.69) is 0 Å². The fourth-order valence-corrected chi connectivity index (χ4v) is 1.37. The lowest BCUT2D eigenvalue weighted by Crippen LogP contribution is -2.49. The van der Waals surface area contributed by atoms with E-state index >= 15 is 0 Å². The van der Waals surface area contributed by atoms with Gasteiger partial charge in [0.25, 0.3) is 0 Å². The van der Waals surface area contributed by atoms with Gasteiger partial charge in [-0.15, -0.1) is 12.4 Å². The van der Waals surface area contributed by atoms with Gasteiger partial charge in [0.15, 0.2) is 0 Å². The molecule has 0 spiro atoms. The second-order valence-corrected chi connectivity index (χ2v) is 5.22. The SMILES string of the molecule is CN(C(=O)[C@@H](N)C(C)(C)C)c1ccc(F)cc1.Cl. The van der Waals surface area contributed by atoms with Crippen molar-refractivity contribution in [2.45, 2.75) is 26.8 Å². The van der Waals surface area contributed by atoms with Gasteiger partial charge in [0.1, 0.15) is 5.82 Å². The van der Waals surface area contributed by atoms with Gasteiger partial charge in [0.2, 0.25) is 5.91 Å². The average Bonchev–Trinajstić information content (AvgIpc) is 2.26. The van der Waals surface area contributed by atoms with E-state index in [-0.39, 0.29) is 29.5 Å². The highest BCUT2D eigenvalue weighted by Gasteiger charge is 2.30. The van der Waals surface area contributed by atoms with Crippen molar-refractivity contribution in [3.05, 3.63) is 30.1 Å². The van der Waals surface area contributed by atoms with Gasteiger partial charge in [-0.3, -0.25) is 4.79 Å². The molecule has 102 valence electrons. The smallest absolute Gasteiger partial charge is 0.244 e. The number of benzene rings is 1. The summed E-state index contributed by atoms with van der Waals surface area (Å²) in [6.07, 6.45) is 0. The maximum atomic E-state index is 12.8. The van der Waals surface area contributed by atoms with E-state index in [1.165, 1.54) is 17.0 Å². The molecule has 1 aromatic rings. The lowest BCUT2D eigenvalue weighted by atomic mass is 9.86. The van der Waals surface area contributed by atoms with Crippen molar-refractivity contribution in [3.63, 3.8) is 0 Å². The molecule has 1 rings (SSSR count). The number of halogens is 2. The molecule has 0 aliphatic rings. The molecular formula is C13H20ClFN2O. The number of amides is 1. The van der Waals surface area contributed by atoms with E-state index in [0.717, 1.165) is 0 Å². The van der Waals surface area contributed by atoms with Crippen LogP contribution in [0.1, 0.15) is 20.8 Å². The van der Waals surface area contributed by atoms with Crippen LogP contribution >= 0.6 is 12.4 Å². The van der Waals surface area contributed by atoms with Gasteiger partial charge in [0, 0.05) is 12.7 Å². The molecule has 0 aliphatic heterocycles. The van der Waals surface area contributed by atoms with Crippen LogP contribution in [0, 0.1) is 11.2 Å². The fraction of sp³-hybridized carbons (Fsp3) is 0.462. The van der Waals surface area contributed by atoms with Crippen molar-refractivity contribution in [3.8, 4) is 0 Å². The van der Waals surface area contributed by atoms with Crippen molar-refractivity contribution in [1.82, 2.24) is 0 Å². The number of nitrogens with two attached hydrogens (primary N) is 1. The number of nitrogens with zero attached hydrogens (tertiary/aromatic N) is 1. The highest BCUT2D eigenvalue weighted by Crippen LogP contribution is 2.21. The van der Waals surface area contributed by atoms with Crippen LogP contribution in [0.25, 0.3) is 0 Å². The van der Waals surface area contributed by atoms with E-state index in [4.69, 9.17) is 5.73 Å². The van der Waals surface area contributed by atoms with Crippen LogP contribution in [0.3, 0.4) is 0 Å². The van der Waals surface area contributed by atoms with Crippen molar-refractivity contribution in [2.75, 3.05) is 11.9 Å². The van der Waals surface area contributed by atoms with Crippen molar-refractivity contribution < 1.29 is 9.18 Å². The molecule has 0 saturated heterocycles. The zero-order chi connectivity index (χ0) is 13.2. The third kappa shape index (κ3) is 3.96. The molecule has 0 aromatic heterocycles.